The molecule has 0 saturated heterocycles. The molecule has 0 amide bonds. The van der Waals surface area contributed by atoms with Crippen LogP contribution in [-0.2, 0) is 4.75 Å². The second-order valence-corrected chi connectivity index (χ2v) is 6.45. The van der Waals surface area contributed by atoms with Gasteiger partial charge in [0.05, 0.1) is 7.11 Å². The van der Waals surface area contributed by atoms with Crippen molar-refractivity contribution >= 4 is 21.7 Å². The zero-order valence-corrected chi connectivity index (χ0v) is 14.3. The second kappa shape index (κ2) is 7.12. The van der Waals surface area contributed by atoms with Gasteiger partial charge in [-0.2, -0.15) is 0 Å². The van der Waals surface area contributed by atoms with Gasteiger partial charge in [0, 0.05) is 0 Å². The van der Waals surface area contributed by atoms with Crippen molar-refractivity contribution in [1.82, 2.24) is 0 Å². The van der Waals surface area contributed by atoms with Crippen molar-refractivity contribution in [1.29, 1.82) is 0 Å². The van der Waals surface area contributed by atoms with Crippen molar-refractivity contribution in [3.8, 4) is 5.75 Å². The predicted molar refractivity (Wildman–Crippen MR) is 99.2 cm³/mol. The third-order valence-corrected chi connectivity index (χ3v) is 5.61. The molecule has 116 valence electrons. The van der Waals surface area contributed by atoms with Gasteiger partial charge in [-0.1, -0.05) is 72.8 Å². The highest BCUT2D eigenvalue weighted by molar-refractivity contribution is 8.22. The van der Waals surface area contributed by atoms with Crippen molar-refractivity contribution in [2.24, 2.45) is 0 Å². The van der Waals surface area contributed by atoms with Crippen LogP contribution in [0.4, 0.5) is 0 Å². The third-order valence-electron chi connectivity index (χ3n) is 3.97. The van der Waals surface area contributed by atoms with Gasteiger partial charge in [0.25, 0.3) is 0 Å². The molecule has 23 heavy (non-hydrogen) atoms. The molecule has 1 nitrogen and oxygen atoms in total. The van der Waals surface area contributed by atoms with E-state index in [9.17, 15) is 0 Å². The molecule has 0 atom stereocenters. The summed E-state index contributed by atoms with van der Waals surface area (Å²) in [4.78, 5) is 0. The molecule has 0 aliphatic carbocycles. The normalized spacial score (nSPS) is 11.2. The van der Waals surface area contributed by atoms with Crippen LogP contribution in [0.2, 0.25) is 0 Å². The molecule has 3 heteroatoms. The van der Waals surface area contributed by atoms with E-state index in [1.54, 1.807) is 7.11 Å². The largest absolute Gasteiger partial charge is 0.497 e. The Kier molecular flexibility index (Phi) is 4.94. The van der Waals surface area contributed by atoms with Crippen LogP contribution >= 0.6 is 21.7 Å². The fraction of sp³-hybridized carbons (Fsp3) is 0.100. The SMILES string of the molecule is COc1ccc(C(SCl)(c2ccccc2)c2ccccc2)cc1. The Morgan fingerprint density at radius 1 is 0.696 bits per heavy atom. The lowest BCUT2D eigenvalue weighted by Gasteiger charge is -2.32. The molecule has 0 unspecified atom stereocenters. The summed E-state index contributed by atoms with van der Waals surface area (Å²) in [7, 11) is 9.48. The molecule has 0 spiro atoms. The quantitative estimate of drug-likeness (QED) is 0.537. The molecule has 0 fully saturated rings. The Morgan fingerprint density at radius 2 is 1.13 bits per heavy atom. The first kappa shape index (κ1) is 16.0. The van der Waals surface area contributed by atoms with Crippen LogP contribution in [0.3, 0.4) is 0 Å². The van der Waals surface area contributed by atoms with Gasteiger partial charge in [-0.25, -0.2) is 0 Å². The van der Waals surface area contributed by atoms with E-state index in [1.807, 2.05) is 48.5 Å². The minimum atomic E-state index is -0.462. The summed E-state index contributed by atoms with van der Waals surface area (Å²) in [6.45, 7) is 0. The molecule has 0 bridgehead atoms. The Bertz CT molecular complexity index is 702. The van der Waals surface area contributed by atoms with Crippen molar-refractivity contribution in [3.05, 3.63) is 102 Å². The number of hydrogen-bond acceptors (Lipinski definition) is 2. The van der Waals surface area contributed by atoms with Gasteiger partial charge in [0.1, 0.15) is 10.5 Å². The average Bonchev–Trinajstić information content (AvgIpc) is 2.65. The number of ether oxygens (including phenoxy) is 1. The standard InChI is InChI=1S/C20H17ClOS/c1-22-19-14-12-18(13-15-19)20(23-21,16-8-4-2-5-9-16)17-10-6-3-7-11-17/h2-15H,1H3. The fourth-order valence-electron chi connectivity index (χ4n) is 2.81. The Morgan fingerprint density at radius 3 is 1.52 bits per heavy atom. The Balaban J connectivity index is 2.24. The highest BCUT2D eigenvalue weighted by Gasteiger charge is 2.36. The molecule has 0 saturated carbocycles. The fourth-order valence-corrected chi connectivity index (χ4v) is 4.28. The predicted octanol–water partition coefficient (Wildman–Crippen LogP) is 5.87. The van der Waals surface area contributed by atoms with Gasteiger partial charge in [-0.05, 0) is 50.5 Å². The Hall–Kier alpha value is -1.90. The molecular weight excluding hydrogens is 324 g/mol. The van der Waals surface area contributed by atoms with Crippen LogP contribution in [0.1, 0.15) is 16.7 Å². The van der Waals surface area contributed by atoms with Crippen LogP contribution in [0.25, 0.3) is 0 Å². The van der Waals surface area contributed by atoms with E-state index in [2.05, 4.69) is 36.4 Å². The monoisotopic (exact) mass is 340 g/mol. The van der Waals surface area contributed by atoms with E-state index in [0.29, 0.717) is 0 Å². The minimum Gasteiger partial charge on any atom is -0.497 e. The maximum Gasteiger partial charge on any atom is 0.118 e. The molecule has 0 heterocycles. The van der Waals surface area contributed by atoms with Crippen LogP contribution in [0.15, 0.2) is 84.9 Å². The van der Waals surface area contributed by atoms with E-state index in [4.69, 9.17) is 15.4 Å². The number of halogens is 1. The van der Waals surface area contributed by atoms with Crippen LogP contribution in [0, 0.1) is 0 Å². The average molecular weight is 341 g/mol. The van der Waals surface area contributed by atoms with Crippen LogP contribution in [0.5, 0.6) is 5.75 Å². The zero-order valence-electron chi connectivity index (χ0n) is 12.8. The summed E-state index contributed by atoms with van der Waals surface area (Å²) in [6, 6.07) is 28.8. The van der Waals surface area contributed by atoms with E-state index in [0.717, 1.165) is 22.4 Å². The van der Waals surface area contributed by atoms with E-state index >= 15 is 0 Å². The minimum absolute atomic E-state index is 0.462. The van der Waals surface area contributed by atoms with Gasteiger partial charge in [0.2, 0.25) is 0 Å². The van der Waals surface area contributed by atoms with Crippen molar-refractivity contribution in [3.63, 3.8) is 0 Å². The van der Waals surface area contributed by atoms with Gasteiger partial charge in [0.15, 0.2) is 0 Å². The maximum absolute atomic E-state index is 6.49. The zero-order chi connectivity index (χ0) is 16.1. The summed E-state index contributed by atoms with van der Waals surface area (Å²) in [5, 5.41) is 0. The summed E-state index contributed by atoms with van der Waals surface area (Å²) in [6.07, 6.45) is 0. The lowest BCUT2D eigenvalue weighted by Crippen LogP contribution is -2.24. The van der Waals surface area contributed by atoms with Crippen LogP contribution in [-0.4, -0.2) is 7.11 Å². The smallest absolute Gasteiger partial charge is 0.118 e. The van der Waals surface area contributed by atoms with Gasteiger partial charge in [-0.3, -0.25) is 0 Å². The third kappa shape index (κ3) is 2.97. The van der Waals surface area contributed by atoms with E-state index in [1.165, 1.54) is 11.0 Å². The van der Waals surface area contributed by atoms with Gasteiger partial charge >= 0.3 is 0 Å². The molecule has 0 aliphatic rings. The number of hydrogen-bond donors (Lipinski definition) is 0. The summed E-state index contributed by atoms with van der Waals surface area (Å²) < 4.78 is 4.83. The second-order valence-electron chi connectivity index (χ2n) is 5.22. The number of benzene rings is 3. The molecule has 3 rings (SSSR count). The molecule has 0 radical (unpaired) electrons. The maximum atomic E-state index is 6.49. The highest BCUT2D eigenvalue weighted by Crippen LogP contribution is 2.50. The highest BCUT2D eigenvalue weighted by atomic mass is 35.7. The molecular formula is C20H17ClOS. The van der Waals surface area contributed by atoms with Gasteiger partial charge < -0.3 is 4.74 Å². The van der Waals surface area contributed by atoms with Crippen molar-refractivity contribution in [2.75, 3.05) is 7.11 Å². The first-order chi connectivity index (χ1) is 11.3. The first-order valence-electron chi connectivity index (χ1n) is 7.36. The van der Waals surface area contributed by atoms with E-state index in [-0.39, 0.29) is 0 Å². The lowest BCUT2D eigenvalue weighted by molar-refractivity contribution is 0.414. The summed E-state index contributed by atoms with van der Waals surface area (Å²) in [5.41, 5.74) is 3.42. The van der Waals surface area contributed by atoms with Crippen LogP contribution < -0.4 is 4.74 Å². The summed E-state index contributed by atoms with van der Waals surface area (Å²) in [5.74, 6) is 0.836. The van der Waals surface area contributed by atoms with Gasteiger partial charge in [-0.15, -0.1) is 0 Å². The first-order valence-corrected chi connectivity index (χ1v) is 9.01. The van der Waals surface area contributed by atoms with Crippen molar-refractivity contribution in [2.45, 2.75) is 4.75 Å². The summed E-state index contributed by atoms with van der Waals surface area (Å²) >= 11 is 0. The number of rotatable bonds is 5. The van der Waals surface area contributed by atoms with Crippen molar-refractivity contribution < 1.29 is 4.74 Å². The molecule has 0 aliphatic heterocycles. The van der Waals surface area contributed by atoms with E-state index < -0.39 is 4.75 Å². The molecule has 0 N–H and O–H groups in total. The number of methoxy groups -OCH3 is 1. The molecule has 3 aromatic carbocycles. The lowest BCUT2D eigenvalue weighted by atomic mass is 9.84. The topological polar surface area (TPSA) is 9.23 Å². The Labute approximate surface area is 145 Å². The molecule has 0 aromatic heterocycles. The molecule has 3 aromatic rings.